The number of aliphatic carboxylic acids is 1. The van der Waals surface area contributed by atoms with Crippen molar-refractivity contribution in [3.05, 3.63) is 54.6 Å². The number of fused-ring (bicyclic) bond motifs is 3. The van der Waals surface area contributed by atoms with Crippen LogP contribution in [0.25, 0.3) is 22.1 Å². The maximum atomic E-state index is 13.3. The molecular weight excluding hydrogens is 577 g/mol. The highest BCUT2D eigenvalue weighted by atomic mass is 32.2. The predicted molar refractivity (Wildman–Crippen MR) is 145 cm³/mol. The number of likely N-dealkylation sites (N-methyl/N-ethyl adjacent to an activating group) is 1. The first-order chi connectivity index (χ1) is 19.9. The van der Waals surface area contributed by atoms with E-state index in [1.165, 1.54) is 10.2 Å². The van der Waals surface area contributed by atoms with Crippen LogP contribution in [-0.4, -0.2) is 57.1 Å². The molecule has 0 spiro atoms. The number of hydrogen-bond acceptors (Lipinski definition) is 7. The topological polar surface area (TPSA) is 160 Å². The van der Waals surface area contributed by atoms with Crippen molar-refractivity contribution in [3.8, 4) is 6.07 Å². The van der Waals surface area contributed by atoms with Crippen molar-refractivity contribution in [2.24, 2.45) is 5.92 Å². The summed E-state index contributed by atoms with van der Waals surface area (Å²) in [7, 11) is -2.23. The number of benzene rings is 1. The maximum Gasteiger partial charge on any atom is 0.490 e. The van der Waals surface area contributed by atoms with Crippen LogP contribution in [0.5, 0.6) is 0 Å². The van der Waals surface area contributed by atoms with Crippen molar-refractivity contribution < 1.29 is 36.3 Å². The van der Waals surface area contributed by atoms with E-state index >= 15 is 0 Å². The molecule has 222 valence electrons. The molecule has 5 rings (SSSR count). The molecular formula is C27H27F3N6O5S. The number of imidazole rings is 1. The minimum atomic E-state index is -5.08. The monoisotopic (exact) mass is 604 g/mol. The van der Waals surface area contributed by atoms with E-state index in [0.717, 1.165) is 31.2 Å². The summed E-state index contributed by atoms with van der Waals surface area (Å²) < 4.78 is 61.7. The lowest BCUT2D eigenvalue weighted by atomic mass is 9.84. The second-order valence-electron chi connectivity index (χ2n) is 9.75. The van der Waals surface area contributed by atoms with Gasteiger partial charge in [-0.1, -0.05) is 18.2 Å². The van der Waals surface area contributed by atoms with Gasteiger partial charge in [0.2, 0.25) is 5.91 Å². The molecule has 1 aromatic carbocycles. The smallest absolute Gasteiger partial charge is 0.475 e. The minimum Gasteiger partial charge on any atom is -0.475 e. The summed E-state index contributed by atoms with van der Waals surface area (Å²) in [6.07, 6.45) is 2.28. The molecule has 1 saturated carbocycles. The van der Waals surface area contributed by atoms with E-state index in [1.54, 1.807) is 49.6 Å². The molecule has 0 unspecified atom stereocenters. The molecule has 0 radical (unpaired) electrons. The summed E-state index contributed by atoms with van der Waals surface area (Å²) in [4.78, 5) is 30.6. The molecule has 0 saturated heterocycles. The second-order valence-corrected chi connectivity index (χ2v) is 11.6. The number of carboxylic acid groups (broad SMARTS) is 1. The third-order valence-electron chi connectivity index (χ3n) is 7.10. The molecule has 15 heteroatoms. The van der Waals surface area contributed by atoms with E-state index in [-0.39, 0.29) is 23.3 Å². The average molecular weight is 605 g/mol. The van der Waals surface area contributed by atoms with E-state index in [2.05, 4.69) is 20.9 Å². The van der Waals surface area contributed by atoms with E-state index in [9.17, 15) is 26.4 Å². The number of nitrogens with zero attached hydrogens (tertiary/aromatic N) is 5. The Labute approximate surface area is 238 Å². The van der Waals surface area contributed by atoms with Gasteiger partial charge in [-0.15, -0.1) is 0 Å². The summed E-state index contributed by atoms with van der Waals surface area (Å²) in [5.41, 5.74) is 1.75. The third kappa shape index (κ3) is 6.23. The van der Waals surface area contributed by atoms with Gasteiger partial charge in [0.25, 0.3) is 10.0 Å². The van der Waals surface area contributed by atoms with E-state index in [4.69, 9.17) is 20.1 Å². The molecule has 1 amide bonds. The zero-order valence-electron chi connectivity index (χ0n) is 22.4. The summed E-state index contributed by atoms with van der Waals surface area (Å²) >= 11 is 0. The standard InChI is InChI=1S/C25H26N6O3S.C2HF3O2/c1-27-23(32)15-22-29-21-16-28-25-20(12-14-30(25)35(33,34)19-5-3-2-4-6-19)24(21)31(22)18-9-7-17(8-10-18)11-13-26;3-2(4,5)1(6)7/h2-6,12,14,16-18H,7-11,15H2,1H3,(H,27,32);(H,6,7). The fraction of sp³-hybridized carbons (Fsp3) is 0.370. The van der Waals surface area contributed by atoms with Crippen LogP contribution in [0.3, 0.4) is 0 Å². The molecule has 0 aliphatic heterocycles. The Kier molecular flexibility index (Phi) is 8.86. The quantitative estimate of drug-likeness (QED) is 0.331. The number of nitrogens with one attached hydrogen (secondary N) is 1. The fourth-order valence-electron chi connectivity index (χ4n) is 5.08. The Balaban J connectivity index is 0.000000517. The second kappa shape index (κ2) is 12.2. The zero-order chi connectivity index (χ0) is 30.7. The molecule has 1 fully saturated rings. The Morgan fingerprint density at radius 3 is 2.36 bits per heavy atom. The van der Waals surface area contributed by atoms with Gasteiger partial charge in [0.05, 0.1) is 29.1 Å². The van der Waals surface area contributed by atoms with Crippen molar-refractivity contribution in [1.82, 2.24) is 23.8 Å². The largest absolute Gasteiger partial charge is 0.490 e. The molecule has 0 bridgehead atoms. The van der Waals surface area contributed by atoms with Gasteiger partial charge in [0.1, 0.15) is 11.3 Å². The first-order valence-electron chi connectivity index (χ1n) is 12.9. The SMILES string of the molecule is CNC(=O)Cc1nc2cnc3c(ccn3S(=O)(=O)c3ccccc3)c2n1C1CCC(CC#N)CC1.O=C(O)C(F)(F)F. The Bertz CT molecular complexity index is 1750. The fourth-order valence-corrected chi connectivity index (χ4v) is 6.40. The number of carbonyl (C=O) groups is 2. The van der Waals surface area contributed by atoms with Crippen LogP contribution < -0.4 is 5.32 Å². The number of amides is 1. The molecule has 11 nitrogen and oxygen atoms in total. The lowest BCUT2D eigenvalue weighted by molar-refractivity contribution is -0.192. The number of alkyl halides is 3. The minimum absolute atomic E-state index is 0.106. The number of hydrogen-bond donors (Lipinski definition) is 2. The molecule has 1 aliphatic carbocycles. The van der Waals surface area contributed by atoms with Gasteiger partial charge in [-0.2, -0.15) is 18.4 Å². The first kappa shape index (κ1) is 30.5. The van der Waals surface area contributed by atoms with Crippen LogP contribution in [0.1, 0.15) is 44.0 Å². The van der Waals surface area contributed by atoms with Crippen LogP contribution in [0.4, 0.5) is 13.2 Å². The summed E-state index contributed by atoms with van der Waals surface area (Å²) in [5.74, 6) is -1.89. The van der Waals surface area contributed by atoms with Crippen LogP contribution in [-0.2, 0) is 26.0 Å². The van der Waals surface area contributed by atoms with Gasteiger partial charge >= 0.3 is 12.1 Å². The summed E-state index contributed by atoms with van der Waals surface area (Å²) in [6, 6.07) is 12.4. The van der Waals surface area contributed by atoms with Crippen LogP contribution in [0.2, 0.25) is 0 Å². The van der Waals surface area contributed by atoms with Gasteiger partial charge in [-0.3, -0.25) is 4.79 Å². The Morgan fingerprint density at radius 1 is 1.14 bits per heavy atom. The van der Waals surface area contributed by atoms with Gasteiger partial charge < -0.3 is 15.0 Å². The van der Waals surface area contributed by atoms with Gasteiger partial charge in [-0.25, -0.2) is 27.2 Å². The van der Waals surface area contributed by atoms with Crippen LogP contribution >= 0.6 is 0 Å². The van der Waals surface area contributed by atoms with E-state index < -0.39 is 22.2 Å². The number of pyridine rings is 1. The van der Waals surface area contributed by atoms with Gasteiger partial charge in [0.15, 0.2) is 5.65 Å². The van der Waals surface area contributed by atoms with E-state index in [1.807, 2.05) is 0 Å². The molecule has 3 heterocycles. The van der Waals surface area contributed by atoms with Gasteiger partial charge in [0, 0.05) is 31.1 Å². The molecule has 42 heavy (non-hydrogen) atoms. The normalized spacial score (nSPS) is 17.3. The molecule has 2 N–H and O–H groups in total. The van der Waals surface area contributed by atoms with Crippen molar-refractivity contribution in [3.63, 3.8) is 0 Å². The summed E-state index contributed by atoms with van der Waals surface area (Å²) in [6.45, 7) is 0. The number of carboxylic acids is 1. The van der Waals surface area contributed by atoms with Crippen LogP contribution in [0, 0.1) is 17.2 Å². The highest BCUT2D eigenvalue weighted by Gasteiger charge is 2.38. The number of aromatic nitrogens is 4. The molecule has 3 aromatic heterocycles. The van der Waals surface area contributed by atoms with Crippen molar-refractivity contribution in [2.45, 2.75) is 55.6 Å². The zero-order valence-corrected chi connectivity index (χ0v) is 23.2. The van der Waals surface area contributed by atoms with Gasteiger partial charge in [-0.05, 0) is 49.8 Å². The number of nitriles is 1. The number of halogens is 3. The number of carbonyl (C=O) groups excluding carboxylic acids is 1. The third-order valence-corrected chi connectivity index (χ3v) is 8.78. The van der Waals surface area contributed by atoms with Crippen molar-refractivity contribution in [2.75, 3.05) is 7.05 Å². The highest BCUT2D eigenvalue weighted by molar-refractivity contribution is 7.90. The van der Waals surface area contributed by atoms with Crippen molar-refractivity contribution in [1.29, 1.82) is 5.26 Å². The highest BCUT2D eigenvalue weighted by Crippen LogP contribution is 2.38. The number of rotatable bonds is 6. The lowest BCUT2D eigenvalue weighted by Gasteiger charge is -2.30. The van der Waals surface area contributed by atoms with Crippen molar-refractivity contribution >= 4 is 44.0 Å². The molecule has 4 aromatic rings. The van der Waals surface area contributed by atoms with Crippen LogP contribution in [0.15, 0.2) is 53.7 Å². The molecule has 0 atom stereocenters. The summed E-state index contributed by atoms with van der Waals surface area (Å²) in [5, 5.41) is 19.5. The molecule has 1 aliphatic rings. The predicted octanol–water partition coefficient (Wildman–Crippen LogP) is 4.19. The van der Waals surface area contributed by atoms with E-state index in [0.29, 0.717) is 34.7 Å². The average Bonchev–Trinajstić information content (AvgIpc) is 3.55. The lowest BCUT2D eigenvalue weighted by Crippen LogP contribution is -2.25. The Morgan fingerprint density at radius 2 is 1.79 bits per heavy atom. The first-order valence-corrected chi connectivity index (χ1v) is 14.4. The maximum absolute atomic E-state index is 13.3. The Hall–Kier alpha value is -4.45.